The second-order valence-electron chi connectivity index (χ2n) is 12.7. The van der Waals surface area contributed by atoms with Gasteiger partial charge in [0.15, 0.2) is 29.6 Å². The second kappa shape index (κ2) is 14.9. The zero-order chi connectivity index (χ0) is 35.4. The zero-order valence-electron chi connectivity index (χ0n) is 28.1. The van der Waals surface area contributed by atoms with Gasteiger partial charge in [-0.15, -0.1) is 0 Å². The first-order valence-electron chi connectivity index (χ1n) is 15.7. The van der Waals surface area contributed by atoms with E-state index in [1.165, 1.54) is 4.57 Å². The van der Waals surface area contributed by atoms with E-state index in [4.69, 9.17) is 18.9 Å². The van der Waals surface area contributed by atoms with E-state index in [1.807, 2.05) is 0 Å². The lowest BCUT2D eigenvalue weighted by Gasteiger charge is -2.26. The Kier molecular flexibility index (Phi) is 11.1. The van der Waals surface area contributed by atoms with Crippen molar-refractivity contribution in [2.24, 2.45) is 23.7 Å². The third kappa shape index (κ3) is 7.78. The molecule has 15 heteroatoms. The number of hydrogen-bond acceptors (Lipinski definition) is 12. The fourth-order valence-corrected chi connectivity index (χ4v) is 4.65. The average molecular weight is 668 g/mol. The van der Waals surface area contributed by atoms with Crippen molar-refractivity contribution in [1.29, 1.82) is 0 Å². The molecule has 4 atom stereocenters. The van der Waals surface area contributed by atoms with Gasteiger partial charge in [-0.3, -0.25) is 43.6 Å². The van der Waals surface area contributed by atoms with E-state index in [0.29, 0.717) is 17.4 Å². The van der Waals surface area contributed by atoms with Crippen LogP contribution in [0.5, 0.6) is 0 Å². The average Bonchev–Trinajstić information content (AvgIpc) is 3.57. The van der Waals surface area contributed by atoms with Crippen molar-refractivity contribution in [3.8, 4) is 11.4 Å². The summed E-state index contributed by atoms with van der Waals surface area (Å²) in [4.78, 5) is 87.5. The molecular weight excluding hydrogens is 626 g/mol. The Balaban J connectivity index is 1.98. The third-order valence-electron chi connectivity index (χ3n) is 7.47. The van der Waals surface area contributed by atoms with E-state index >= 15 is 0 Å². The summed E-state index contributed by atoms with van der Waals surface area (Å²) in [6.45, 7) is 12.8. The molecule has 0 spiro atoms. The maximum atomic E-state index is 13.4. The van der Waals surface area contributed by atoms with E-state index in [0.717, 1.165) is 0 Å². The summed E-state index contributed by atoms with van der Waals surface area (Å²) in [5, 5.41) is 2.58. The Morgan fingerprint density at radius 3 is 2.00 bits per heavy atom. The summed E-state index contributed by atoms with van der Waals surface area (Å²) in [6, 6.07) is 6.29. The quantitative estimate of drug-likeness (QED) is 0.162. The molecule has 3 heterocycles. The summed E-state index contributed by atoms with van der Waals surface area (Å²) in [6.07, 6.45) is -4.41. The van der Waals surface area contributed by atoms with Crippen LogP contribution in [0.3, 0.4) is 0 Å². The Morgan fingerprint density at radius 1 is 0.875 bits per heavy atom. The number of nitrogens with one attached hydrogen (secondary N) is 2. The number of ether oxygens (including phenoxy) is 4. The van der Waals surface area contributed by atoms with Crippen LogP contribution in [-0.4, -0.2) is 74.5 Å². The number of benzene rings is 1. The van der Waals surface area contributed by atoms with Gasteiger partial charge in [0.1, 0.15) is 24.8 Å². The highest BCUT2D eigenvalue weighted by Gasteiger charge is 2.52. The molecule has 2 N–H and O–H groups in total. The van der Waals surface area contributed by atoms with Gasteiger partial charge >= 0.3 is 17.9 Å². The van der Waals surface area contributed by atoms with E-state index in [9.17, 15) is 28.8 Å². The summed E-state index contributed by atoms with van der Waals surface area (Å²) in [5.41, 5.74) is -0.0904. The molecule has 1 amide bonds. The highest BCUT2D eigenvalue weighted by Crippen LogP contribution is 2.39. The van der Waals surface area contributed by atoms with Gasteiger partial charge in [-0.25, -0.2) is 4.98 Å². The number of anilines is 1. The van der Waals surface area contributed by atoms with Crippen LogP contribution in [0.25, 0.3) is 22.6 Å². The topological polar surface area (TPSA) is 198 Å². The molecule has 1 aromatic carbocycles. The number of rotatable bonds is 12. The molecule has 1 fully saturated rings. The van der Waals surface area contributed by atoms with Crippen LogP contribution in [-0.2, 0) is 38.1 Å². The molecule has 2 aromatic heterocycles. The van der Waals surface area contributed by atoms with Crippen molar-refractivity contribution < 1.29 is 42.9 Å². The number of imidazole rings is 1. The van der Waals surface area contributed by atoms with Gasteiger partial charge in [0.2, 0.25) is 11.9 Å². The second-order valence-corrected chi connectivity index (χ2v) is 12.7. The third-order valence-corrected chi connectivity index (χ3v) is 7.47. The highest BCUT2D eigenvalue weighted by atomic mass is 16.7. The Morgan fingerprint density at radius 2 is 1.46 bits per heavy atom. The number of hydrogen-bond donors (Lipinski definition) is 2. The smallest absolute Gasteiger partial charge is 0.308 e. The van der Waals surface area contributed by atoms with Crippen LogP contribution < -0.4 is 10.9 Å². The van der Waals surface area contributed by atoms with Gasteiger partial charge < -0.3 is 18.9 Å². The van der Waals surface area contributed by atoms with E-state index < -0.39 is 77.6 Å². The number of carbonyl (C=O) groups excluding carboxylic acids is 5. The SMILES string of the molecule is CC(C)C(=O)Nc1nc2c(nc(-c3ccc(C=O)cc3)n2[C@@H]2O[C@H](COC(=O)C(C)C)[C@@H](OC(=O)C(C)C)[C@H]2OC(=O)C(C)C)c(=O)[nH]1. The normalized spacial score (nSPS) is 19.2. The first-order valence-corrected chi connectivity index (χ1v) is 15.7. The molecule has 4 rings (SSSR count). The largest absolute Gasteiger partial charge is 0.463 e. The fourth-order valence-electron chi connectivity index (χ4n) is 4.65. The van der Waals surface area contributed by atoms with Crippen molar-refractivity contribution in [3.05, 3.63) is 40.2 Å². The van der Waals surface area contributed by atoms with Crippen molar-refractivity contribution in [1.82, 2.24) is 19.5 Å². The van der Waals surface area contributed by atoms with Crippen LogP contribution in [0.2, 0.25) is 0 Å². The summed E-state index contributed by atoms with van der Waals surface area (Å²) < 4.78 is 25.1. The number of amides is 1. The van der Waals surface area contributed by atoms with Gasteiger partial charge in [-0.1, -0.05) is 79.7 Å². The molecule has 0 radical (unpaired) electrons. The van der Waals surface area contributed by atoms with Gasteiger partial charge in [0.05, 0.1) is 17.8 Å². The van der Waals surface area contributed by atoms with Gasteiger partial charge in [0, 0.05) is 17.0 Å². The number of H-pyrrole nitrogens is 1. The van der Waals surface area contributed by atoms with Gasteiger partial charge in [-0.2, -0.15) is 4.98 Å². The molecule has 1 aliphatic heterocycles. The lowest BCUT2D eigenvalue weighted by atomic mass is 10.1. The molecule has 258 valence electrons. The first kappa shape index (κ1) is 35.9. The first-order chi connectivity index (χ1) is 22.6. The molecule has 0 unspecified atom stereocenters. The number of esters is 3. The van der Waals surface area contributed by atoms with E-state index in [-0.39, 0.29) is 29.5 Å². The molecule has 48 heavy (non-hydrogen) atoms. The molecule has 1 aliphatic rings. The lowest BCUT2D eigenvalue weighted by molar-refractivity contribution is -0.173. The summed E-state index contributed by atoms with van der Waals surface area (Å²) in [7, 11) is 0. The van der Waals surface area contributed by atoms with Crippen molar-refractivity contribution in [2.45, 2.75) is 79.9 Å². The highest BCUT2D eigenvalue weighted by molar-refractivity contribution is 5.91. The number of carbonyl (C=O) groups is 5. The standard InChI is InChI=1S/C33H41N5O10/c1-15(2)27(40)36-33-35-26-22(28(41)37-33)34-25(20-11-9-19(13-39)10-12-20)38(26)29-24(48-32(44)18(7)8)23(47-31(43)17(5)6)21(46-29)14-45-30(42)16(3)4/h9-13,15-18,21,23-24,29H,14H2,1-8H3,(H2,35,36,37,40,41)/t21-,23-,24-,29-/m1/s1. The number of fused-ring (bicyclic) bond motifs is 1. The predicted molar refractivity (Wildman–Crippen MR) is 172 cm³/mol. The number of nitrogens with zero attached hydrogens (tertiary/aromatic N) is 3. The maximum Gasteiger partial charge on any atom is 0.308 e. The van der Waals surface area contributed by atoms with Gasteiger partial charge in [0.25, 0.3) is 5.56 Å². The van der Waals surface area contributed by atoms with Crippen LogP contribution >= 0.6 is 0 Å². The van der Waals surface area contributed by atoms with Crippen LogP contribution in [0.15, 0.2) is 29.1 Å². The monoisotopic (exact) mass is 667 g/mol. The molecule has 15 nitrogen and oxygen atoms in total. The molecule has 3 aromatic rings. The van der Waals surface area contributed by atoms with Crippen molar-refractivity contribution >= 4 is 47.2 Å². The van der Waals surface area contributed by atoms with E-state index in [1.54, 1.807) is 79.7 Å². The van der Waals surface area contributed by atoms with Crippen LogP contribution in [0.1, 0.15) is 72.0 Å². The summed E-state index contributed by atoms with van der Waals surface area (Å²) >= 11 is 0. The minimum absolute atomic E-state index is 0.0587. The minimum atomic E-state index is -1.34. The molecule has 0 aliphatic carbocycles. The molecule has 0 bridgehead atoms. The maximum absolute atomic E-state index is 13.4. The molecule has 1 saturated heterocycles. The Hall–Kier alpha value is -4.92. The zero-order valence-corrected chi connectivity index (χ0v) is 28.1. The molecule has 0 saturated carbocycles. The lowest BCUT2D eigenvalue weighted by Crippen LogP contribution is -2.42. The van der Waals surface area contributed by atoms with Gasteiger partial charge in [-0.05, 0) is 0 Å². The number of aromatic nitrogens is 4. The van der Waals surface area contributed by atoms with Crippen molar-refractivity contribution in [2.75, 3.05) is 11.9 Å². The van der Waals surface area contributed by atoms with Crippen LogP contribution in [0, 0.1) is 23.7 Å². The Labute approximate surface area is 276 Å². The number of aromatic amines is 1. The molecular formula is C33H41N5O10. The summed E-state index contributed by atoms with van der Waals surface area (Å²) in [5.74, 6) is -4.34. The van der Waals surface area contributed by atoms with Crippen molar-refractivity contribution in [3.63, 3.8) is 0 Å². The predicted octanol–water partition coefficient (Wildman–Crippen LogP) is 3.43. The fraction of sp³-hybridized carbons (Fsp3) is 0.515. The Bertz CT molecular complexity index is 1740. The minimum Gasteiger partial charge on any atom is -0.463 e. The van der Waals surface area contributed by atoms with Crippen LogP contribution in [0.4, 0.5) is 5.95 Å². The van der Waals surface area contributed by atoms with E-state index in [2.05, 4.69) is 20.3 Å². The number of aldehydes is 1.